The predicted molar refractivity (Wildman–Crippen MR) is 153 cm³/mol. The van der Waals surface area contributed by atoms with E-state index in [1.165, 1.54) is 24.8 Å². The number of nitrogens with zero attached hydrogens (tertiary/aromatic N) is 1. The van der Waals surface area contributed by atoms with Gasteiger partial charge in [-0.05, 0) is 62.3 Å². The van der Waals surface area contributed by atoms with E-state index in [0.29, 0.717) is 11.4 Å². The van der Waals surface area contributed by atoms with Crippen LogP contribution in [-0.4, -0.2) is 46.0 Å². The van der Waals surface area contributed by atoms with Crippen LogP contribution in [0.2, 0.25) is 0 Å². The summed E-state index contributed by atoms with van der Waals surface area (Å²) in [7, 11) is -0.177. The van der Waals surface area contributed by atoms with Gasteiger partial charge in [-0.3, -0.25) is 4.79 Å². The van der Waals surface area contributed by atoms with Gasteiger partial charge in [0, 0.05) is 18.2 Å². The summed E-state index contributed by atoms with van der Waals surface area (Å²) in [4.78, 5) is 14.9. The number of hydrogen-bond donors (Lipinski definition) is 1. The number of hydrogen-bond acceptors (Lipinski definition) is 6. The Kier molecular flexibility index (Phi) is 11.6. The van der Waals surface area contributed by atoms with E-state index in [4.69, 9.17) is 4.74 Å². The minimum atomic E-state index is -3.83. The molecule has 38 heavy (non-hydrogen) atoms. The molecule has 1 N–H and O–H groups in total. The van der Waals surface area contributed by atoms with Crippen LogP contribution in [0, 0.1) is 11.8 Å². The third kappa shape index (κ3) is 10.1. The van der Waals surface area contributed by atoms with Crippen molar-refractivity contribution in [3.05, 3.63) is 88.3 Å². The summed E-state index contributed by atoms with van der Waals surface area (Å²) in [6, 6.07) is 20.2. The molecule has 0 aliphatic carbocycles. The maximum atomic E-state index is 13.1. The van der Waals surface area contributed by atoms with E-state index in [0.717, 1.165) is 28.9 Å². The highest BCUT2D eigenvalue weighted by atomic mass is 32.2. The van der Waals surface area contributed by atoms with Crippen molar-refractivity contribution in [2.75, 3.05) is 20.6 Å². The Morgan fingerprint density at radius 2 is 1.71 bits per heavy atom. The molecule has 0 amide bonds. The van der Waals surface area contributed by atoms with Crippen LogP contribution in [0.1, 0.15) is 54.2 Å². The highest BCUT2D eigenvalue weighted by Gasteiger charge is 2.25. The number of benzene rings is 2. The summed E-state index contributed by atoms with van der Waals surface area (Å²) in [6.45, 7) is 2.70. The third-order valence-corrected chi connectivity index (χ3v) is 8.78. The quantitative estimate of drug-likeness (QED) is 0.179. The molecule has 0 bridgehead atoms. The molecule has 0 aliphatic rings. The maximum Gasteiger partial charge on any atom is 0.307 e. The van der Waals surface area contributed by atoms with Crippen LogP contribution in [0.15, 0.2) is 70.9 Å². The molecule has 6 nitrogen and oxygen atoms in total. The molecule has 0 saturated carbocycles. The van der Waals surface area contributed by atoms with E-state index in [1.807, 2.05) is 61.5 Å². The van der Waals surface area contributed by atoms with E-state index in [-0.39, 0.29) is 17.2 Å². The van der Waals surface area contributed by atoms with Crippen LogP contribution in [0.25, 0.3) is 0 Å². The lowest BCUT2D eigenvalue weighted by atomic mass is 10.1. The van der Waals surface area contributed by atoms with Crippen molar-refractivity contribution in [3.63, 3.8) is 0 Å². The zero-order valence-corrected chi connectivity index (χ0v) is 23.9. The van der Waals surface area contributed by atoms with Crippen LogP contribution in [0.3, 0.4) is 0 Å². The van der Waals surface area contributed by atoms with Crippen molar-refractivity contribution in [2.24, 2.45) is 0 Å². The molecule has 1 aromatic heterocycles. The minimum absolute atomic E-state index is 0.0727. The molecule has 3 aromatic rings. The molecule has 0 aliphatic heterocycles. The lowest BCUT2D eigenvalue weighted by Gasteiger charge is -2.21. The second-order valence-electron chi connectivity index (χ2n) is 9.45. The summed E-state index contributed by atoms with van der Waals surface area (Å²) in [5, 5.41) is 0. The van der Waals surface area contributed by atoms with Crippen LogP contribution in [-0.2, 0) is 32.6 Å². The highest BCUT2D eigenvalue weighted by molar-refractivity contribution is 7.91. The molecule has 0 spiro atoms. The lowest BCUT2D eigenvalue weighted by Crippen LogP contribution is -2.43. The van der Waals surface area contributed by atoms with Crippen LogP contribution in [0.4, 0.5) is 0 Å². The van der Waals surface area contributed by atoms with Crippen molar-refractivity contribution in [1.29, 1.82) is 0 Å². The molecule has 202 valence electrons. The average molecular weight is 553 g/mol. The first-order valence-corrected chi connectivity index (χ1v) is 15.1. The highest BCUT2D eigenvalue weighted by Crippen LogP contribution is 2.22. The zero-order valence-electron chi connectivity index (χ0n) is 22.3. The van der Waals surface area contributed by atoms with Crippen LogP contribution in [0.5, 0.6) is 0 Å². The standard InChI is InChI=1S/C30H36N2O4S2/c1-4-5-7-10-24-13-15-25(16-14-24)17-18-28-19-20-30(37-28)38(34,35)31-27(22-32(2)3)21-29(33)36-23-26-11-8-6-9-12-26/h6,8-9,11-16,19-20,27,31H,4-5,7,10,21-23H2,1-3H3/t27-/m1/s1. The SMILES string of the molecule is CCCCCc1ccc(C#Cc2ccc(S(=O)(=O)N[C@H](CC(=O)OCc3ccccc3)CN(C)C)s2)cc1. The molecule has 3 rings (SSSR count). The number of unbranched alkanes of at least 4 members (excludes halogenated alkanes) is 2. The van der Waals surface area contributed by atoms with Gasteiger partial charge >= 0.3 is 5.97 Å². The molecule has 8 heteroatoms. The van der Waals surface area contributed by atoms with Gasteiger partial charge in [-0.2, -0.15) is 0 Å². The Labute approximate surface area is 231 Å². The summed E-state index contributed by atoms with van der Waals surface area (Å²) in [6.07, 6.45) is 4.62. The van der Waals surface area contributed by atoms with Gasteiger partial charge in [0.1, 0.15) is 10.8 Å². The topological polar surface area (TPSA) is 75.7 Å². The maximum absolute atomic E-state index is 13.1. The van der Waals surface area contributed by atoms with Crippen molar-refractivity contribution in [2.45, 2.75) is 55.9 Å². The molecular weight excluding hydrogens is 516 g/mol. The van der Waals surface area contributed by atoms with Gasteiger partial charge in [0.25, 0.3) is 0 Å². The fraction of sp³-hybridized carbons (Fsp3) is 0.367. The molecular formula is C30H36N2O4S2. The minimum Gasteiger partial charge on any atom is -0.461 e. The molecule has 2 aromatic carbocycles. The number of esters is 1. The van der Waals surface area contributed by atoms with Crippen LogP contribution < -0.4 is 4.72 Å². The van der Waals surface area contributed by atoms with E-state index in [1.54, 1.807) is 12.1 Å². The largest absolute Gasteiger partial charge is 0.461 e. The number of sulfonamides is 1. The Morgan fingerprint density at radius 3 is 2.39 bits per heavy atom. The lowest BCUT2D eigenvalue weighted by molar-refractivity contribution is -0.145. The Balaban J connectivity index is 1.61. The first-order valence-electron chi connectivity index (χ1n) is 12.8. The third-order valence-electron chi connectivity index (χ3n) is 5.76. The number of aryl methyl sites for hydroxylation is 1. The molecule has 0 radical (unpaired) electrons. The number of rotatable bonds is 13. The summed E-state index contributed by atoms with van der Waals surface area (Å²) in [5.74, 6) is 5.73. The smallest absolute Gasteiger partial charge is 0.307 e. The Bertz CT molecular complexity index is 1320. The van der Waals surface area contributed by atoms with E-state index in [2.05, 4.69) is 35.6 Å². The monoisotopic (exact) mass is 552 g/mol. The summed E-state index contributed by atoms with van der Waals surface area (Å²) < 4.78 is 34.4. The van der Waals surface area contributed by atoms with Gasteiger partial charge in [0.15, 0.2) is 0 Å². The van der Waals surface area contributed by atoms with Gasteiger partial charge in [0.2, 0.25) is 10.0 Å². The number of ether oxygens (including phenoxy) is 1. The van der Waals surface area contributed by atoms with Crippen molar-refractivity contribution < 1.29 is 17.9 Å². The zero-order chi connectivity index (χ0) is 27.4. The number of carbonyl (C=O) groups excluding carboxylic acids is 1. The predicted octanol–water partition coefficient (Wildman–Crippen LogP) is 5.22. The van der Waals surface area contributed by atoms with Crippen LogP contribution >= 0.6 is 11.3 Å². The van der Waals surface area contributed by atoms with Crippen molar-refractivity contribution >= 4 is 27.3 Å². The number of thiophene rings is 1. The molecule has 1 atom stereocenters. The molecule has 0 saturated heterocycles. The van der Waals surface area contributed by atoms with E-state index in [9.17, 15) is 13.2 Å². The number of nitrogens with one attached hydrogen (secondary N) is 1. The summed E-state index contributed by atoms with van der Waals surface area (Å²) >= 11 is 1.11. The first-order chi connectivity index (χ1) is 18.2. The fourth-order valence-corrected chi connectivity index (χ4v) is 6.26. The van der Waals surface area contributed by atoms with Crippen molar-refractivity contribution in [3.8, 4) is 11.8 Å². The summed E-state index contributed by atoms with van der Waals surface area (Å²) in [5.41, 5.74) is 3.07. The fourth-order valence-electron chi connectivity index (χ4n) is 3.86. The van der Waals surface area contributed by atoms with Gasteiger partial charge < -0.3 is 9.64 Å². The first kappa shape index (κ1) is 29.6. The van der Waals surface area contributed by atoms with Gasteiger partial charge in [-0.1, -0.05) is 74.1 Å². The Hall–Kier alpha value is -2.96. The second kappa shape index (κ2) is 14.8. The molecule has 0 unspecified atom stereocenters. The number of likely N-dealkylation sites (N-methyl/N-ethyl adjacent to an activating group) is 1. The Morgan fingerprint density at radius 1 is 0.974 bits per heavy atom. The van der Waals surface area contributed by atoms with Gasteiger partial charge in [-0.15, -0.1) is 11.3 Å². The van der Waals surface area contributed by atoms with Crippen molar-refractivity contribution in [1.82, 2.24) is 9.62 Å². The van der Waals surface area contributed by atoms with E-state index >= 15 is 0 Å². The second-order valence-corrected chi connectivity index (χ2v) is 12.5. The molecule has 0 fully saturated rings. The number of carbonyl (C=O) groups is 1. The van der Waals surface area contributed by atoms with E-state index < -0.39 is 22.0 Å². The normalized spacial score (nSPS) is 12.1. The average Bonchev–Trinajstić information content (AvgIpc) is 3.37. The van der Waals surface area contributed by atoms with Gasteiger partial charge in [0.05, 0.1) is 11.3 Å². The molecule has 1 heterocycles. The van der Waals surface area contributed by atoms with Gasteiger partial charge in [-0.25, -0.2) is 13.1 Å².